The first-order chi connectivity index (χ1) is 17.5. The van der Waals surface area contributed by atoms with E-state index in [0.29, 0.717) is 16.8 Å². The number of carboxylic acids is 1. The lowest BCUT2D eigenvalue weighted by molar-refractivity contribution is -0.131. The molecule has 0 bridgehead atoms. The van der Waals surface area contributed by atoms with Gasteiger partial charge < -0.3 is 10.2 Å². The average Bonchev–Trinajstić information content (AvgIpc) is 3.17. The number of allylic oxidation sites excluding steroid dienone is 1. The van der Waals surface area contributed by atoms with Gasteiger partial charge >= 0.3 is 5.97 Å². The van der Waals surface area contributed by atoms with Crippen molar-refractivity contribution < 1.29 is 19.4 Å². The highest BCUT2D eigenvalue weighted by Crippen LogP contribution is 2.45. The van der Waals surface area contributed by atoms with E-state index in [4.69, 9.17) is 5.11 Å². The quantitative estimate of drug-likeness (QED) is 0.238. The highest BCUT2D eigenvalue weighted by atomic mass is 19.1. The summed E-state index contributed by atoms with van der Waals surface area (Å²) >= 11 is 0. The van der Waals surface area contributed by atoms with E-state index in [0.717, 1.165) is 46.7 Å². The number of aliphatic hydroxyl groups excluding tert-OH is 1. The zero-order valence-corrected chi connectivity index (χ0v) is 19.8. The van der Waals surface area contributed by atoms with Crippen molar-refractivity contribution in [3.63, 3.8) is 0 Å². The van der Waals surface area contributed by atoms with E-state index in [1.807, 2.05) is 60.7 Å². The van der Waals surface area contributed by atoms with Crippen molar-refractivity contribution in [1.82, 2.24) is 9.78 Å². The molecule has 0 aliphatic heterocycles. The molecule has 5 rings (SSSR count). The number of hydrogen-bond acceptors (Lipinski definition) is 3. The Morgan fingerprint density at radius 3 is 2.36 bits per heavy atom. The minimum absolute atomic E-state index is 0.119. The van der Waals surface area contributed by atoms with E-state index in [1.54, 1.807) is 6.08 Å². The molecule has 2 N–H and O–H groups in total. The number of aliphatic carboxylic acids is 1. The molecule has 0 atom stereocenters. The van der Waals surface area contributed by atoms with Gasteiger partial charge in [-0.05, 0) is 70.4 Å². The maximum atomic E-state index is 14.9. The first-order valence-electron chi connectivity index (χ1n) is 12.1. The van der Waals surface area contributed by atoms with E-state index in [1.165, 1.54) is 16.7 Å². The molecule has 1 aliphatic carbocycles. The fraction of sp³-hybridized carbons (Fsp3) is 0.200. The smallest absolute Gasteiger partial charge is 0.328 e. The van der Waals surface area contributed by atoms with Crippen LogP contribution in [0.4, 0.5) is 4.39 Å². The Kier molecular flexibility index (Phi) is 6.78. The molecule has 0 radical (unpaired) electrons. The van der Waals surface area contributed by atoms with Gasteiger partial charge in [0.25, 0.3) is 0 Å². The maximum Gasteiger partial charge on any atom is 0.328 e. The standard InChI is InChI=1S/C30H27FN2O3/c31-30-25-19-24(14-15-26(25)33(32-30)17-18-34)29(23-12-9-20(10-13-23)11-16-27(35)36)28(22-7-4-8-22)21-5-2-1-3-6-21/h1-3,5-6,9-16,19,22,34H,4,7-8,17-18H2,(H,35,36)/b16-11+,29-28-. The highest BCUT2D eigenvalue weighted by molar-refractivity contribution is 6.01. The molecule has 3 aromatic carbocycles. The molecule has 182 valence electrons. The predicted molar refractivity (Wildman–Crippen MR) is 140 cm³/mol. The molecule has 4 aromatic rings. The molecular weight excluding hydrogens is 455 g/mol. The number of nitrogens with zero attached hydrogens (tertiary/aromatic N) is 2. The van der Waals surface area contributed by atoms with Crippen molar-refractivity contribution in [3.8, 4) is 0 Å². The van der Waals surface area contributed by atoms with Gasteiger partial charge in [0, 0.05) is 6.08 Å². The summed E-state index contributed by atoms with van der Waals surface area (Å²) in [5, 5.41) is 22.7. The van der Waals surface area contributed by atoms with Gasteiger partial charge in [0.2, 0.25) is 5.95 Å². The highest BCUT2D eigenvalue weighted by Gasteiger charge is 2.27. The van der Waals surface area contributed by atoms with Gasteiger partial charge in [0.1, 0.15) is 0 Å². The Morgan fingerprint density at radius 2 is 1.72 bits per heavy atom. The Hall–Kier alpha value is -4.03. The molecule has 1 aromatic heterocycles. The summed E-state index contributed by atoms with van der Waals surface area (Å²) in [7, 11) is 0. The SMILES string of the molecule is O=C(O)/C=C/c1ccc(/C(=C(\c2ccccc2)C2CCC2)c2ccc3c(c2)c(F)nn3CCO)cc1. The molecule has 0 unspecified atom stereocenters. The Balaban J connectivity index is 1.72. The van der Waals surface area contributed by atoms with Crippen LogP contribution in [-0.2, 0) is 11.3 Å². The van der Waals surface area contributed by atoms with E-state index in [2.05, 4.69) is 17.2 Å². The summed E-state index contributed by atoms with van der Waals surface area (Å²) in [6, 6.07) is 23.8. The van der Waals surface area contributed by atoms with Crippen molar-refractivity contribution in [3.05, 3.63) is 107 Å². The molecule has 1 aliphatic rings. The molecule has 6 heteroatoms. The van der Waals surface area contributed by atoms with Crippen LogP contribution in [0.5, 0.6) is 0 Å². The minimum Gasteiger partial charge on any atom is -0.478 e. The predicted octanol–water partition coefficient (Wildman–Crippen LogP) is 6.02. The van der Waals surface area contributed by atoms with Gasteiger partial charge in [-0.3, -0.25) is 4.68 Å². The second-order valence-corrected chi connectivity index (χ2v) is 9.05. The van der Waals surface area contributed by atoms with Crippen molar-refractivity contribution in [2.24, 2.45) is 5.92 Å². The number of benzene rings is 3. The zero-order valence-electron chi connectivity index (χ0n) is 19.8. The number of halogens is 1. The van der Waals surface area contributed by atoms with Gasteiger partial charge in [-0.1, -0.05) is 67.1 Å². The minimum atomic E-state index is -0.993. The average molecular weight is 483 g/mol. The summed E-state index contributed by atoms with van der Waals surface area (Å²) in [6.45, 7) is 0.108. The number of aliphatic hydroxyl groups is 1. The molecule has 0 spiro atoms. The maximum absolute atomic E-state index is 14.9. The number of carboxylic acid groups (broad SMARTS) is 1. The van der Waals surface area contributed by atoms with E-state index in [9.17, 15) is 14.3 Å². The lowest BCUT2D eigenvalue weighted by atomic mass is 9.73. The largest absolute Gasteiger partial charge is 0.478 e. The van der Waals surface area contributed by atoms with Crippen molar-refractivity contribution in [2.45, 2.75) is 25.8 Å². The van der Waals surface area contributed by atoms with Crippen LogP contribution in [0.2, 0.25) is 0 Å². The van der Waals surface area contributed by atoms with Gasteiger partial charge in [-0.15, -0.1) is 5.10 Å². The second kappa shape index (κ2) is 10.3. The van der Waals surface area contributed by atoms with Gasteiger partial charge in [0.15, 0.2) is 0 Å². The fourth-order valence-electron chi connectivity index (χ4n) is 4.87. The molecule has 1 heterocycles. The normalized spacial score (nSPS) is 14.7. The van der Waals surface area contributed by atoms with Crippen LogP contribution in [0, 0.1) is 11.9 Å². The third-order valence-electron chi connectivity index (χ3n) is 6.79. The first-order valence-corrected chi connectivity index (χ1v) is 12.1. The van der Waals surface area contributed by atoms with Crippen molar-refractivity contribution in [2.75, 3.05) is 6.61 Å². The number of hydrogen-bond donors (Lipinski definition) is 2. The van der Waals surface area contributed by atoms with E-state index < -0.39 is 11.9 Å². The zero-order chi connectivity index (χ0) is 25.1. The monoisotopic (exact) mass is 482 g/mol. The lowest BCUT2D eigenvalue weighted by Gasteiger charge is -2.31. The van der Waals surface area contributed by atoms with E-state index >= 15 is 0 Å². The van der Waals surface area contributed by atoms with Gasteiger partial charge in [-0.25, -0.2) is 4.79 Å². The summed E-state index contributed by atoms with van der Waals surface area (Å²) in [6.07, 6.45) is 6.05. The number of rotatable bonds is 8. The summed E-state index contributed by atoms with van der Waals surface area (Å²) in [4.78, 5) is 10.9. The molecule has 5 nitrogen and oxygen atoms in total. The van der Waals surface area contributed by atoms with Crippen LogP contribution < -0.4 is 0 Å². The number of fused-ring (bicyclic) bond motifs is 1. The van der Waals surface area contributed by atoms with Crippen LogP contribution in [-0.4, -0.2) is 32.6 Å². The van der Waals surface area contributed by atoms with Crippen LogP contribution in [0.15, 0.2) is 78.9 Å². The second-order valence-electron chi connectivity index (χ2n) is 9.05. The van der Waals surface area contributed by atoms with Crippen LogP contribution in [0.3, 0.4) is 0 Å². The number of carbonyl (C=O) groups is 1. The van der Waals surface area contributed by atoms with Crippen LogP contribution in [0.25, 0.3) is 28.1 Å². The Bertz CT molecular complexity index is 1450. The summed E-state index contributed by atoms with van der Waals surface area (Å²) in [5.74, 6) is -1.15. The van der Waals surface area contributed by atoms with Gasteiger partial charge in [0.05, 0.1) is 24.1 Å². The molecule has 36 heavy (non-hydrogen) atoms. The van der Waals surface area contributed by atoms with Gasteiger partial charge in [-0.2, -0.15) is 4.39 Å². The van der Waals surface area contributed by atoms with Crippen LogP contribution in [0.1, 0.15) is 41.5 Å². The molecular formula is C30H27FN2O3. The molecule has 1 saturated carbocycles. The topological polar surface area (TPSA) is 75.3 Å². The number of aromatic nitrogens is 2. The third kappa shape index (κ3) is 4.72. The first kappa shape index (κ1) is 23.7. The molecule has 1 fully saturated rings. The Labute approximate surface area is 208 Å². The summed E-state index contributed by atoms with van der Waals surface area (Å²) in [5.41, 5.74) is 6.72. The summed E-state index contributed by atoms with van der Waals surface area (Å²) < 4.78 is 16.3. The lowest BCUT2D eigenvalue weighted by Crippen LogP contribution is -2.15. The molecule has 0 saturated heterocycles. The van der Waals surface area contributed by atoms with Crippen molar-refractivity contribution >= 4 is 34.1 Å². The van der Waals surface area contributed by atoms with E-state index in [-0.39, 0.29) is 13.2 Å². The van der Waals surface area contributed by atoms with Crippen LogP contribution >= 0.6 is 0 Å². The molecule has 0 amide bonds. The Morgan fingerprint density at radius 1 is 1.00 bits per heavy atom. The third-order valence-corrected chi connectivity index (χ3v) is 6.79. The fourth-order valence-corrected chi connectivity index (χ4v) is 4.87. The van der Waals surface area contributed by atoms with Crippen molar-refractivity contribution in [1.29, 1.82) is 0 Å².